The maximum absolute atomic E-state index is 4.20. The molecule has 1 atom stereocenters. The van der Waals surface area contributed by atoms with Gasteiger partial charge < -0.3 is 10.2 Å². The zero-order valence-corrected chi connectivity index (χ0v) is 9.19. The van der Waals surface area contributed by atoms with Gasteiger partial charge in [0.1, 0.15) is 5.82 Å². The van der Waals surface area contributed by atoms with E-state index in [9.17, 15) is 0 Å². The summed E-state index contributed by atoms with van der Waals surface area (Å²) in [5.41, 5.74) is 0. The lowest BCUT2D eigenvalue weighted by atomic mass is 10.3. The number of nitrogens with zero attached hydrogens (tertiary/aromatic N) is 3. The Morgan fingerprint density at radius 1 is 1.40 bits per heavy atom. The Balaban J connectivity index is 1.79. The molecule has 0 radical (unpaired) electrons. The lowest BCUT2D eigenvalue weighted by molar-refractivity contribution is 0.327. The predicted molar refractivity (Wildman–Crippen MR) is 60.8 cm³/mol. The highest BCUT2D eigenvalue weighted by molar-refractivity contribution is 5.31. The van der Waals surface area contributed by atoms with Crippen LogP contribution in [0.15, 0.2) is 18.6 Å². The number of anilines is 1. The second-order valence-corrected chi connectivity index (χ2v) is 4.14. The SMILES string of the molecule is CC(CN1CCCC1)Nc1cnccn1. The molecule has 2 heterocycles. The third-order valence-electron chi connectivity index (χ3n) is 2.69. The third-order valence-corrected chi connectivity index (χ3v) is 2.69. The van der Waals surface area contributed by atoms with Gasteiger partial charge in [0.25, 0.3) is 0 Å². The van der Waals surface area contributed by atoms with Crippen molar-refractivity contribution in [1.29, 1.82) is 0 Å². The molecule has 15 heavy (non-hydrogen) atoms. The highest BCUT2D eigenvalue weighted by atomic mass is 15.2. The smallest absolute Gasteiger partial charge is 0.144 e. The van der Waals surface area contributed by atoms with Crippen LogP contribution < -0.4 is 5.32 Å². The van der Waals surface area contributed by atoms with Crippen molar-refractivity contribution in [3.63, 3.8) is 0 Å². The molecule has 2 rings (SSSR count). The summed E-state index contributed by atoms with van der Waals surface area (Å²) < 4.78 is 0. The van der Waals surface area contributed by atoms with E-state index in [-0.39, 0.29) is 0 Å². The van der Waals surface area contributed by atoms with E-state index in [2.05, 4.69) is 27.1 Å². The molecule has 82 valence electrons. The third kappa shape index (κ3) is 3.16. The number of aromatic nitrogens is 2. The van der Waals surface area contributed by atoms with E-state index < -0.39 is 0 Å². The molecular weight excluding hydrogens is 188 g/mol. The summed E-state index contributed by atoms with van der Waals surface area (Å²) >= 11 is 0. The summed E-state index contributed by atoms with van der Waals surface area (Å²) in [6.45, 7) is 5.77. The van der Waals surface area contributed by atoms with Crippen molar-refractivity contribution in [2.75, 3.05) is 25.0 Å². The van der Waals surface area contributed by atoms with Gasteiger partial charge in [0.05, 0.1) is 6.20 Å². The molecule has 4 nitrogen and oxygen atoms in total. The Morgan fingerprint density at radius 3 is 2.87 bits per heavy atom. The van der Waals surface area contributed by atoms with E-state index in [1.165, 1.54) is 25.9 Å². The van der Waals surface area contributed by atoms with Gasteiger partial charge in [-0.25, -0.2) is 4.98 Å². The molecule has 1 aromatic rings. The van der Waals surface area contributed by atoms with Gasteiger partial charge >= 0.3 is 0 Å². The Bertz CT molecular complexity index is 282. The fourth-order valence-electron chi connectivity index (χ4n) is 2.02. The molecule has 0 amide bonds. The Labute approximate surface area is 90.7 Å². The summed E-state index contributed by atoms with van der Waals surface area (Å²) in [4.78, 5) is 10.7. The van der Waals surface area contributed by atoms with Gasteiger partial charge in [0.15, 0.2) is 0 Å². The normalized spacial score (nSPS) is 19.0. The first-order chi connectivity index (χ1) is 7.34. The minimum Gasteiger partial charge on any atom is -0.365 e. The quantitative estimate of drug-likeness (QED) is 0.808. The predicted octanol–water partition coefficient (Wildman–Crippen LogP) is 1.37. The first-order valence-electron chi connectivity index (χ1n) is 5.59. The minimum atomic E-state index is 0.430. The van der Waals surface area contributed by atoms with Crippen molar-refractivity contribution in [1.82, 2.24) is 14.9 Å². The Morgan fingerprint density at radius 2 is 2.20 bits per heavy atom. The van der Waals surface area contributed by atoms with Crippen molar-refractivity contribution in [2.24, 2.45) is 0 Å². The molecule has 1 saturated heterocycles. The fraction of sp³-hybridized carbons (Fsp3) is 0.636. The van der Waals surface area contributed by atoms with Gasteiger partial charge in [0.2, 0.25) is 0 Å². The second kappa shape index (κ2) is 5.07. The van der Waals surface area contributed by atoms with Crippen molar-refractivity contribution in [3.05, 3.63) is 18.6 Å². The number of hydrogen-bond donors (Lipinski definition) is 1. The molecule has 0 saturated carbocycles. The van der Waals surface area contributed by atoms with E-state index in [0.717, 1.165) is 12.4 Å². The fourth-order valence-corrected chi connectivity index (χ4v) is 2.02. The lowest BCUT2D eigenvalue weighted by Crippen LogP contribution is -2.33. The van der Waals surface area contributed by atoms with Crippen LogP contribution in [0.5, 0.6) is 0 Å². The molecule has 0 aromatic carbocycles. The van der Waals surface area contributed by atoms with Crippen LogP contribution in [-0.2, 0) is 0 Å². The molecule has 1 fully saturated rings. The van der Waals surface area contributed by atoms with Gasteiger partial charge in [-0.3, -0.25) is 4.98 Å². The largest absolute Gasteiger partial charge is 0.365 e. The molecule has 4 heteroatoms. The van der Waals surface area contributed by atoms with E-state index in [1.54, 1.807) is 18.6 Å². The van der Waals surface area contributed by atoms with Crippen LogP contribution in [0.4, 0.5) is 5.82 Å². The average molecular weight is 206 g/mol. The number of nitrogens with one attached hydrogen (secondary N) is 1. The topological polar surface area (TPSA) is 41.0 Å². The maximum Gasteiger partial charge on any atom is 0.144 e. The summed E-state index contributed by atoms with van der Waals surface area (Å²) in [6, 6.07) is 0.430. The molecule has 0 aliphatic carbocycles. The average Bonchev–Trinajstić information content (AvgIpc) is 2.71. The van der Waals surface area contributed by atoms with Crippen molar-refractivity contribution >= 4 is 5.82 Å². The molecule has 0 spiro atoms. The molecule has 1 aliphatic heterocycles. The van der Waals surface area contributed by atoms with Crippen LogP contribution >= 0.6 is 0 Å². The van der Waals surface area contributed by atoms with Crippen LogP contribution in [0, 0.1) is 0 Å². The molecular formula is C11H18N4. The summed E-state index contributed by atoms with van der Waals surface area (Å²) in [7, 11) is 0. The Kier molecular flexibility index (Phi) is 3.50. The summed E-state index contributed by atoms with van der Waals surface area (Å²) in [6.07, 6.45) is 7.86. The van der Waals surface area contributed by atoms with E-state index in [0.29, 0.717) is 6.04 Å². The standard InChI is InChI=1S/C11H18N4/c1-10(9-15-6-2-3-7-15)14-11-8-12-4-5-13-11/h4-5,8,10H,2-3,6-7,9H2,1H3,(H,13,14). The molecule has 1 N–H and O–H groups in total. The van der Waals surface area contributed by atoms with Gasteiger partial charge in [0, 0.05) is 25.0 Å². The van der Waals surface area contributed by atoms with Gasteiger partial charge in [-0.15, -0.1) is 0 Å². The summed E-state index contributed by atoms with van der Waals surface area (Å²) in [5.74, 6) is 0.865. The molecule has 1 aliphatic rings. The van der Waals surface area contributed by atoms with Crippen LogP contribution in [0.2, 0.25) is 0 Å². The van der Waals surface area contributed by atoms with Crippen molar-refractivity contribution in [2.45, 2.75) is 25.8 Å². The van der Waals surface area contributed by atoms with Gasteiger partial charge in [-0.05, 0) is 32.9 Å². The zero-order valence-electron chi connectivity index (χ0n) is 9.19. The second-order valence-electron chi connectivity index (χ2n) is 4.14. The van der Waals surface area contributed by atoms with Gasteiger partial charge in [-0.1, -0.05) is 0 Å². The highest BCUT2D eigenvalue weighted by Crippen LogP contribution is 2.09. The zero-order chi connectivity index (χ0) is 10.5. The molecule has 0 bridgehead atoms. The summed E-state index contributed by atoms with van der Waals surface area (Å²) in [5, 5.41) is 3.35. The van der Waals surface area contributed by atoms with Crippen LogP contribution in [0.3, 0.4) is 0 Å². The van der Waals surface area contributed by atoms with Crippen LogP contribution in [-0.4, -0.2) is 40.5 Å². The van der Waals surface area contributed by atoms with Crippen LogP contribution in [0.1, 0.15) is 19.8 Å². The van der Waals surface area contributed by atoms with Crippen molar-refractivity contribution < 1.29 is 0 Å². The van der Waals surface area contributed by atoms with E-state index in [1.807, 2.05) is 0 Å². The molecule has 1 unspecified atom stereocenters. The number of hydrogen-bond acceptors (Lipinski definition) is 4. The van der Waals surface area contributed by atoms with E-state index >= 15 is 0 Å². The van der Waals surface area contributed by atoms with Gasteiger partial charge in [-0.2, -0.15) is 0 Å². The lowest BCUT2D eigenvalue weighted by Gasteiger charge is -2.21. The highest BCUT2D eigenvalue weighted by Gasteiger charge is 2.14. The van der Waals surface area contributed by atoms with E-state index in [4.69, 9.17) is 0 Å². The first-order valence-corrected chi connectivity index (χ1v) is 5.59. The van der Waals surface area contributed by atoms with Crippen LogP contribution in [0.25, 0.3) is 0 Å². The first kappa shape index (κ1) is 10.4. The maximum atomic E-state index is 4.20. The minimum absolute atomic E-state index is 0.430. The number of likely N-dealkylation sites (tertiary alicyclic amines) is 1. The monoisotopic (exact) mass is 206 g/mol. The number of rotatable bonds is 4. The van der Waals surface area contributed by atoms with Crippen molar-refractivity contribution in [3.8, 4) is 0 Å². The Hall–Kier alpha value is -1.16. The molecule has 1 aromatic heterocycles.